The van der Waals surface area contributed by atoms with Crippen molar-refractivity contribution < 1.29 is 19.5 Å². The second-order valence-corrected chi connectivity index (χ2v) is 5.83. The van der Waals surface area contributed by atoms with E-state index in [0.717, 1.165) is 19.3 Å². The highest BCUT2D eigenvalue weighted by Crippen LogP contribution is 2.42. The van der Waals surface area contributed by atoms with Crippen LogP contribution in [0.5, 0.6) is 0 Å². The summed E-state index contributed by atoms with van der Waals surface area (Å²) >= 11 is 0. The van der Waals surface area contributed by atoms with Gasteiger partial charge in [0.05, 0.1) is 5.92 Å². The summed E-state index contributed by atoms with van der Waals surface area (Å²) in [5.74, 6) is -1.14. The predicted octanol–water partition coefficient (Wildman–Crippen LogP) is -0.166. The van der Waals surface area contributed by atoms with E-state index in [-0.39, 0.29) is 30.1 Å². The summed E-state index contributed by atoms with van der Waals surface area (Å²) in [4.78, 5) is 36.6. The summed E-state index contributed by atoms with van der Waals surface area (Å²) < 4.78 is 0. The quantitative estimate of drug-likeness (QED) is 0.726. The van der Waals surface area contributed by atoms with Crippen LogP contribution in [0.3, 0.4) is 0 Å². The van der Waals surface area contributed by atoms with Gasteiger partial charge in [0.2, 0.25) is 11.8 Å². The van der Waals surface area contributed by atoms with Crippen molar-refractivity contribution in [3.8, 4) is 0 Å². The Labute approximate surface area is 111 Å². The molecule has 3 aliphatic rings. The SMILES string of the molecule is O=C1CC(C(=O)N2CC3CCCC3C2C(=O)O)CN1. The topological polar surface area (TPSA) is 86.7 Å². The van der Waals surface area contributed by atoms with Gasteiger partial charge in [-0.1, -0.05) is 6.42 Å². The minimum absolute atomic E-state index is 0.103. The van der Waals surface area contributed by atoms with Crippen LogP contribution < -0.4 is 5.32 Å². The molecule has 0 aromatic carbocycles. The fourth-order valence-electron chi connectivity index (χ4n) is 3.86. The van der Waals surface area contributed by atoms with Gasteiger partial charge in [-0.25, -0.2) is 4.79 Å². The molecule has 2 heterocycles. The molecule has 6 nitrogen and oxygen atoms in total. The van der Waals surface area contributed by atoms with Crippen molar-refractivity contribution in [1.29, 1.82) is 0 Å². The number of fused-ring (bicyclic) bond motifs is 1. The van der Waals surface area contributed by atoms with E-state index in [0.29, 0.717) is 19.0 Å². The number of carboxylic acid groups (broad SMARTS) is 1. The predicted molar refractivity (Wildman–Crippen MR) is 65.1 cm³/mol. The number of likely N-dealkylation sites (tertiary alicyclic amines) is 1. The van der Waals surface area contributed by atoms with Crippen LogP contribution in [0.1, 0.15) is 25.7 Å². The molecule has 2 aliphatic heterocycles. The number of carboxylic acids is 1. The van der Waals surface area contributed by atoms with Crippen molar-refractivity contribution >= 4 is 17.8 Å². The van der Waals surface area contributed by atoms with Crippen molar-refractivity contribution in [3.05, 3.63) is 0 Å². The first-order valence-corrected chi connectivity index (χ1v) is 6.88. The van der Waals surface area contributed by atoms with E-state index in [1.807, 2.05) is 0 Å². The number of carbonyl (C=O) groups excluding carboxylic acids is 2. The Morgan fingerprint density at radius 2 is 2.11 bits per heavy atom. The van der Waals surface area contributed by atoms with Crippen molar-refractivity contribution in [2.45, 2.75) is 31.7 Å². The molecular formula is C13H18N2O4. The molecule has 0 aromatic rings. The van der Waals surface area contributed by atoms with Crippen LogP contribution in [0.2, 0.25) is 0 Å². The Morgan fingerprint density at radius 1 is 1.32 bits per heavy atom. The number of aliphatic carboxylic acids is 1. The van der Waals surface area contributed by atoms with E-state index in [4.69, 9.17) is 0 Å². The standard InChI is InChI=1S/C13H18N2O4/c16-10-4-8(5-14-10)12(17)15-6-7-2-1-3-9(7)11(15)13(18)19/h7-9,11H,1-6H2,(H,14,16)(H,18,19). The molecule has 0 bridgehead atoms. The Kier molecular flexibility index (Phi) is 2.95. The van der Waals surface area contributed by atoms with Gasteiger partial charge < -0.3 is 15.3 Å². The molecule has 1 aliphatic carbocycles. The van der Waals surface area contributed by atoms with Crippen LogP contribution in [0, 0.1) is 17.8 Å². The van der Waals surface area contributed by atoms with Crippen LogP contribution in [0.15, 0.2) is 0 Å². The molecule has 0 spiro atoms. The Hall–Kier alpha value is -1.59. The summed E-state index contributed by atoms with van der Waals surface area (Å²) in [7, 11) is 0. The number of rotatable bonds is 2. The van der Waals surface area contributed by atoms with Crippen LogP contribution in [-0.4, -0.2) is 46.9 Å². The number of amides is 2. The Balaban J connectivity index is 1.77. The summed E-state index contributed by atoms with van der Waals surface area (Å²) in [6, 6.07) is -0.685. The minimum Gasteiger partial charge on any atom is -0.480 e. The maximum atomic E-state index is 12.4. The van der Waals surface area contributed by atoms with Gasteiger partial charge in [-0.2, -0.15) is 0 Å². The normalized spacial score (nSPS) is 37.3. The average Bonchev–Trinajstić information content (AvgIpc) is 3.00. The molecule has 104 valence electrons. The van der Waals surface area contributed by atoms with Crippen LogP contribution >= 0.6 is 0 Å². The van der Waals surface area contributed by atoms with Crippen molar-refractivity contribution in [3.63, 3.8) is 0 Å². The van der Waals surface area contributed by atoms with E-state index in [2.05, 4.69) is 5.32 Å². The van der Waals surface area contributed by atoms with Crippen LogP contribution in [0.4, 0.5) is 0 Å². The van der Waals surface area contributed by atoms with E-state index in [9.17, 15) is 19.5 Å². The third-order valence-electron chi connectivity index (χ3n) is 4.75. The van der Waals surface area contributed by atoms with Gasteiger partial charge in [-0.3, -0.25) is 9.59 Å². The molecule has 19 heavy (non-hydrogen) atoms. The zero-order valence-corrected chi connectivity index (χ0v) is 10.7. The minimum atomic E-state index is -0.903. The molecule has 3 fully saturated rings. The summed E-state index contributed by atoms with van der Waals surface area (Å²) in [5, 5.41) is 12.0. The summed E-state index contributed by atoms with van der Waals surface area (Å²) in [6.45, 7) is 0.890. The number of hydrogen-bond donors (Lipinski definition) is 2. The number of nitrogens with zero attached hydrogens (tertiary/aromatic N) is 1. The van der Waals surface area contributed by atoms with Crippen molar-refractivity contribution in [1.82, 2.24) is 10.2 Å². The molecule has 6 heteroatoms. The molecule has 3 rings (SSSR count). The number of carbonyl (C=O) groups is 3. The Bertz CT molecular complexity index is 436. The zero-order chi connectivity index (χ0) is 13.6. The van der Waals surface area contributed by atoms with Crippen molar-refractivity contribution in [2.75, 3.05) is 13.1 Å². The first-order chi connectivity index (χ1) is 9.08. The molecule has 2 N–H and O–H groups in total. The molecular weight excluding hydrogens is 248 g/mol. The third kappa shape index (κ3) is 1.99. The maximum absolute atomic E-state index is 12.4. The lowest BCUT2D eigenvalue weighted by atomic mass is 9.94. The molecule has 0 aromatic heterocycles. The van der Waals surface area contributed by atoms with Crippen molar-refractivity contribution in [2.24, 2.45) is 17.8 Å². The third-order valence-corrected chi connectivity index (χ3v) is 4.75. The summed E-state index contributed by atoms with van der Waals surface area (Å²) in [5.41, 5.74) is 0. The number of nitrogens with one attached hydrogen (secondary N) is 1. The maximum Gasteiger partial charge on any atom is 0.326 e. The lowest BCUT2D eigenvalue weighted by Gasteiger charge is -2.26. The van der Waals surface area contributed by atoms with E-state index < -0.39 is 12.0 Å². The smallest absolute Gasteiger partial charge is 0.326 e. The highest BCUT2D eigenvalue weighted by atomic mass is 16.4. The molecule has 2 saturated heterocycles. The van der Waals surface area contributed by atoms with Gasteiger partial charge in [-0.05, 0) is 24.7 Å². The van der Waals surface area contributed by atoms with Gasteiger partial charge in [0, 0.05) is 19.5 Å². The molecule has 4 unspecified atom stereocenters. The fourth-order valence-corrected chi connectivity index (χ4v) is 3.86. The monoisotopic (exact) mass is 266 g/mol. The number of hydrogen-bond acceptors (Lipinski definition) is 3. The molecule has 2 amide bonds. The Morgan fingerprint density at radius 3 is 2.74 bits per heavy atom. The molecule has 1 saturated carbocycles. The highest BCUT2D eigenvalue weighted by molar-refractivity contribution is 5.91. The zero-order valence-electron chi connectivity index (χ0n) is 10.7. The first-order valence-electron chi connectivity index (χ1n) is 6.88. The molecule has 4 atom stereocenters. The van der Waals surface area contributed by atoms with Gasteiger partial charge >= 0.3 is 5.97 Å². The van der Waals surface area contributed by atoms with E-state index in [1.54, 1.807) is 0 Å². The van der Waals surface area contributed by atoms with Gasteiger partial charge in [0.15, 0.2) is 0 Å². The largest absolute Gasteiger partial charge is 0.480 e. The second-order valence-electron chi connectivity index (χ2n) is 5.83. The fraction of sp³-hybridized carbons (Fsp3) is 0.769. The van der Waals surface area contributed by atoms with E-state index in [1.165, 1.54) is 4.90 Å². The van der Waals surface area contributed by atoms with Gasteiger partial charge in [0.1, 0.15) is 6.04 Å². The lowest BCUT2D eigenvalue weighted by Crippen LogP contribution is -2.46. The molecule has 0 radical (unpaired) electrons. The van der Waals surface area contributed by atoms with Gasteiger partial charge in [0.25, 0.3) is 0 Å². The second kappa shape index (κ2) is 4.51. The lowest BCUT2D eigenvalue weighted by molar-refractivity contribution is -0.151. The summed E-state index contributed by atoms with van der Waals surface area (Å²) in [6.07, 6.45) is 3.16. The van der Waals surface area contributed by atoms with Gasteiger partial charge in [-0.15, -0.1) is 0 Å². The van der Waals surface area contributed by atoms with E-state index >= 15 is 0 Å². The first kappa shape index (κ1) is 12.4. The van der Waals surface area contributed by atoms with Crippen LogP contribution in [0.25, 0.3) is 0 Å². The average molecular weight is 266 g/mol. The highest BCUT2D eigenvalue weighted by Gasteiger charge is 2.50. The van der Waals surface area contributed by atoms with Crippen LogP contribution in [-0.2, 0) is 14.4 Å².